The van der Waals surface area contributed by atoms with Gasteiger partial charge in [-0.2, -0.15) is 5.10 Å². The third-order valence-corrected chi connectivity index (χ3v) is 4.61. The Labute approximate surface area is 174 Å². The van der Waals surface area contributed by atoms with Crippen molar-refractivity contribution in [3.05, 3.63) is 71.8 Å². The lowest BCUT2D eigenvalue weighted by molar-refractivity contribution is -0.128. The number of methoxy groups -OCH3 is 1. The van der Waals surface area contributed by atoms with Gasteiger partial charge in [-0.3, -0.25) is 9.59 Å². The second-order valence-electron chi connectivity index (χ2n) is 6.77. The van der Waals surface area contributed by atoms with E-state index in [1.165, 1.54) is 6.21 Å². The Hall–Kier alpha value is -3.87. The molecular formula is C23H23N3O4. The van der Waals surface area contributed by atoms with Crippen molar-refractivity contribution >= 4 is 28.8 Å². The molecule has 7 nitrogen and oxygen atoms in total. The molecule has 0 aromatic heterocycles. The standard InChI is InChI=1S/C23H23N3O4/c1-15(25-22(28)13-16-7-10-18(30-2)11-8-16)23(29)26-24-14-20-19-6-4-3-5-17(19)9-12-21(20)27/h3-12,14-15,27H,13H2,1-2H3,(H,25,28)(H,26,29)/b24-14+. The van der Waals surface area contributed by atoms with E-state index in [1.807, 2.05) is 24.3 Å². The third-order valence-electron chi connectivity index (χ3n) is 4.61. The lowest BCUT2D eigenvalue weighted by atomic mass is 10.0. The van der Waals surface area contributed by atoms with Crippen molar-refractivity contribution in [2.24, 2.45) is 5.10 Å². The van der Waals surface area contributed by atoms with Crippen molar-refractivity contribution in [1.82, 2.24) is 10.7 Å². The van der Waals surface area contributed by atoms with Gasteiger partial charge in [-0.25, -0.2) is 5.43 Å². The van der Waals surface area contributed by atoms with Gasteiger partial charge in [-0.15, -0.1) is 0 Å². The molecule has 3 aromatic rings. The first-order valence-corrected chi connectivity index (χ1v) is 9.44. The fourth-order valence-corrected chi connectivity index (χ4v) is 2.96. The van der Waals surface area contributed by atoms with Gasteiger partial charge in [0, 0.05) is 5.56 Å². The minimum Gasteiger partial charge on any atom is -0.507 e. The number of hydrazone groups is 1. The highest BCUT2D eigenvalue weighted by molar-refractivity contribution is 6.02. The SMILES string of the molecule is COc1ccc(CC(=O)NC(C)C(=O)N/N=C/c2c(O)ccc3ccccc23)cc1. The molecule has 0 bridgehead atoms. The minimum absolute atomic E-state index is 0.0625. The number of aromatic hydroxyl groups is 1. The number of phenolic OH excluding ortho intramolecular Hbond substituents is 1. The molecule has 154 valence electrons. The Morgan fingerprint density at radius 2 is 1.83 bits per heavy atom. The van der Waals surface area contributed by atoms with Gasteiger partial charge in [0.15, 0.2) is 0 Å². The molecule has 7 heteroatoms. The van der Waals surface area contributed by atoms with Gasteiger partial charge >= 0.3 is 0 Å². The maximum Gasteiger partial charge on any atom is 0.262 e. The molecule has 0 heterocycles. The summed E-state index contributed by atoms with van der Waals surface area (Å²) in [5.41, 5.74) is 3.71. The Balaban J connectivity index is 1.56. The van der Waals surface area contributed by atoms with Gasteiger partial charge in [0.05, 0.1) is 19.7 Å². The summed E-state index contributed by atoms with van der Waals surface area (Å²) in [5, 5.41) is 18.4. The highest BCUT2D eigenvalue weighted by Crippen LogP contribution is 2.25. The van der Waals surface area contributed by atoms with E-state index in [9.17, 15) is 14.7 Å². The van der Waals surface area contributed by atoms with E-state index in [-0.39, 0.29) is 18.1 Å². The van der Waals surface area contributed by atoms with Crippen LogP contribution in [0.5, 0.6) is 11.5 Å². The van der Waals surface area contributed by atoms with Crippen LogP contribution in [0.4, 0.5) is 0 Å². The van der Waals surface area contributed by atoms with Crippen LogP contribution in [0, 0.1) is 0 Å². The Kier molecular flexibility index (Phi) is 6.64. The first-order valence-electron chi connectivity index (χ1n) is 9.44. The largest absolute Gasteiger partial charge is 0.507 e. The van der Waals surface area contributed by atoms with Crippen LogP contribution in [0.3, 0.4) is 0 Å². The number of nitrogens with zero attached hydrogens (tertiary/aromatic N) is 1. The van der Waals surface area contributed by atoms with Crippen molar-refractivity contribution < 1.29 is 19.4 Å². The number of phenols is 1. The third kappa shape index (κ3) is 5.14. The number of fused-ring (bicyclic) bond motifs is 1. The summed E-state index contributed by atoms with van der Waals surface area (Å²) in [6.45, 7) is 1.58. The van der Waals surface area contributed by atoms with Crippen LogP contribution in [0.2, 0.25) is 0 Å². The normalized spacial score (nSPS) is 11.9. The molecular weight excluding hydrogens is 382 g/mol. The minimum atomic E-state index is -0.769. The first kappa shape index (κ1) is 20.9. The zero-order valence-corrected chi connectivity index (χ0v) is 16.8. The average molecular weight is 405 g/mol. The second kappa shape index (κ2) is 9.56. The van der Waals surface area contributed by atoms with Crippen molar-refractivity contribution in [3.63, 3.8) is 0 Å². The van der Waals surface area contributed by atoms with E-state index in [0.717, 1.165) is 16.3 Å². The summed E-state index contributed by atoms with van der Waals surface area (Å²) in [4.78, 5) is 24.4. The van der Waals surface area contributed by atoms with Gasteiger partial charge in [0.2, 0.25) is 5.91 Å². The fourth-order valence-electron chi connectivity index (χ4n) is 2.96. The van der Waals surface area contributed by atoms with Gasteiger partial charge in [-0.05, 0) is 41.5 Å². The predicted octanol–water partition coefficient (Wildman–Crippen LogP) is 2.75. The first-order chi connectivity index (χ1) is 14.5. The summed E-state index contributed by atoms with van der Waals surface area (Å²) in [7, 11) is 1.58. The van der Waals surface area contributed by atoms with Crippen LogP contribution in [0.1, 0.15) is 18.1 Å². The van der Waals surface area contributed by atoms with Crippen LogP contribution >= 0.6 is 0 Å². The van der Waals surface area contributed by atoms with Gasteiger partial charge < -0.3 is 15.2 Å². The molecule has 0 spiro atoms. The van der Waals surface area contributed by atoms with E-state index >= 15 is 0 Å². The molecule has 1 atom stereocenters. The van der Waals surface area contributed by atoms with Crippen molar-refractivity contribution in [1.29, 1.82) is 0 Å². The van der Waals surface area contributed by atoms with E-state index in [1.54, 1.807) is 50.4 Å². The Morgan fingerprint density at radius 1 is 1.10 bits per heavy atom. The van der Waals surface area contributed by atoms with Crippen LogP contribution in [0.15, 0.2) is 65.8 Å². The molecule has 0 radical (unpaired) electrons. The van der Waals surface area contributed by atoms with Crippen LogP contribution in [0.25, 0.3) is 10.8 Å². The Bertz CT molecular complexity index is 1080. The summed E-state index contributed by atoms with van der Waals surface area (Å²) >= 11 is 0. The van der Waals surface area contributed by atoms with Crippen molar-refractivity contribution in [3.8, 4) is 11.5 Å². The number of amides is 2. The van der Waals surface area contributed by atoms with E-state index in [2.05, 4.69) is 15.8 Å². The molecule has 3 N–H and O–H groups in total. The summed E-state index contributed by atoms with van der Waals surface area (Å²) in [6, 6.07) is 17.3. The predicted molar refractivity (Wildman–Crippen MR) is 116 cm³/mol. The molecule has 0 aliphatic carbocycles. The zero-order valence-electron chi connectivity index (χ0n) is 16.8. The van der Waals surface area contributed by atoms with Gasteiger partial charge in [0.1, 0.15) is 17.5 Å². The topological polar surface area (TPSA) is 100 Å². The number of ether oxygens (including phenoxy) is 1. The van der Waals surface area contributed by atoms with E-state index in [4.69, 9.17) is 4.74 Å². The smallest absolute Gasteiger partial charge is 0.262 e. The number of carbonyl (C=O) groups excluding carboxylic acids is 2. The summed E-state index contributed by atoms with van der Waals surface area (Å²) < 4.78 is 5.09. The zero-order chi connectivity index (χ0) is 21.5. The van der Waals surface area contributed by atoms with Gasteiger partial charge in [-0.1, -0.05) is 42.5 Å². The molecule has 0 fully saturated rings. The van der Waals surface area contributed by atoms with E-state index in [0.29, 0.717) is 11.3 Å². The van der Waals surface area contributed by atoms with Crippen molar-refractivity contribution in [2.45, 2.75) is 19.4 Å². The molecule has 3 rings (SSSR count). The number of benzene rings is 3. The number of carbonyl (C=O) groups is 2. The Morgan fingerprint density at radius 3 is 2.57 bits per heavy atom. The van der Waals surface area contributed by atoms with Crippen molar-refractivity contribution in [2.75, 3.05) is 7.11 Å². The van der Waals surface area contributed by atoms with Crippen LogP contribution in [-0.2, 0) is 16.0 Å². The molecule has 0 saturated carbocycles. The molecule has 0 aliphatic heterocycles. The molecule has 1 unspecified atom stereocenters. The van der Waals surface area contributed by atoms with Crippen LogP contribution < -0.4 is 15.5 Å². The lowest BCUT2D eigenvalue weighted by Crippen LogP contribution is -2.43. The maximum absolute atomic E-state index is 12.2. The number of nitrogens with one attached hydrogen (secondary N) is 2. The van der Waals surface area contributed by atoms with Crippen LogP contribution in [-0.4, -0.2) is 36.3 Å². The molecule has 0 aliphatic rings. The molecule has 3 aromatic carbocycles. The highest BCUT2D eigenvalue weighted by atomic mass is 16.5. The average Bonchev–Trinajstić information content (AvgIpc) is 2.75. The lowest BCUT2D eigenvalue weighted by Gasteiger charge is -2.12. The summed E-state index contributed by atoms with van der Waals surface area (Å²) in [5.74, 6) is 0.0297. The van der Waals surface area contributed by atoms with E-state index < -0.39 is 11.9 Å². The second-order valence-corrected chi connectivity index (χ2v) is 6.77. The number of hydrogen-bond acceptors (Lipinski definition) is 5. The molecule has 2 amide bonds. The number of hydrogen-bond donors (Lipinski definition) is 3. The quantitative estimate of drug-likeness (QED) is 0.416. The van der Waals surface area contributed by atoms with Gasteiger partial charge in [0.25, 0.3) is 5.91 Å². The number of rotatable bonds is 7. The maximum atomic E-state index is 12.2. The highest BCUT2D eigenvalue weighted by Gasteiger charge is 2.15. The molecule has 0 saturated heterocycles. The summed E-state index contributed by atoms with van der Waals surface area (Å²) in [6.07, 6.45) is 1.54. The molecule has 30 heavy (non-hydrogen) atoms. The monoisotopic (exact) mass is 405 g/mol. The fraction of sp³-hybridized carbons (Fsp3) is 0.174.